The molecule has 9 rings (SSSR count). The number of ketones is 3. The lowest BCUT2D eigenvalue weighted by molar-refractivity contribution is 0.000164. The standard InChI is InChI=1S/C28H37N3O7.C27H35N3O7.C19H19N3O3/c1-28(2,3)26(32)23-17-21-18-25(29-19-24(21)30-23)31-27(33)20-5-7-22(8-6-20)38-16-15-37-14-13-36-12-11-35-10-9-34-4;1-27(2,3)25(32)22-16-20-17-24(28-18-23(20)29-22)30-26(33)19-4-6-21(7-5-19)37-15-14-36-13-12-35-11-10-34-9-8-31;1-19(2,3)17(24)14-8-12-9-16(20-10-15(12)21-14)22-18(25)11-4-6-13(23)7-5-11/h5-8,17-19,30H,9-16H2,1-4H3,(H,29,31,33);4-7,16-18,29,31H,8-15H2,1-3H3,(H,28,30,33);4-10,21,23H,1-3H3,(H,20,22,25). The number of anilines is 3. The molecule has 0 spiro atoms. The topological polar surface area (TPSA) is 348 Å². The molecule has 3 amide bonds. The van der Waals surface area contributed by atoms with Gasteiger partial charge in [0.15, 0.2) is 17.3 Å². The highest BCUT2D eigenvalue weighted by Crippen LogP contribution is 2.29. The molecule has 26 heteroatoms. The van der Waals surface area contributed by atoms with Crippen molar-refractivity contribution < 1.29 is 81.6 Å². The van der Waals surface area contributed by atoms with Crippen molar-refractivity contribution in [2.45, 2.75) is 62.3 Å². The zero-order chi connectivity index (χ0) is 72.2. The van der Waals surface area contributed by atoms with Gasteiger partial charge in [-0.25, -0.2) is 15.0 Å². The third-order valence-electron chi connectivity index (χ3n) is 14.5. The van der Waals surface area contributed by atoms with Crippen LogP contribution in [0, 0.1) is 16.2 Å². The van der Waals surface area contributed by atoms with Gasteiger partial charge in [-0.05, 0) is 109 Å². The average Bonchev–Trinajstić information content (AvgIpc) is 1.67. The van der Waals surface area contributed by atoms with E-state index >= 15 is 0 Å². The Morgan fingerprint density at radius 2 is 0.650 bits per heavy atom. The number of pyridine rings is 3. The number of carbonyl (C=O) groups excluding carboxylic acids is 6. The molecule has 3 aromatic carbocycles. The van der Waals surface area contributed by atoms with Gasteiger partial charge in [0.05, 0.1) is 145 Å². The predicted molar refractivity (Wildman–Crippen MR) is 379 cm³/mol. The number of hydrogen-bond acceptors (Lipinski definition) is 20. The van der Waals surface area contributed by atoms with Gasteiger partial charge in [0.2, 0.25) is 0 Å². The van der Waals surface area contributed by atoms with E-state index < -0.39 is 16.2 Å². The third kappa shape index (κ3) is 24.9. The second kappa shape index (κ2) is 38.0. The molecule has 0 radical (unpaired) electrons. The quantitative estimate of drug-likeness (QED) is 0.0137. The van der Waals surface area contributed by atoms with E-state index in [0.29, 0.717) is 162 Å². The Bertz CT molecular complexity index is 4110. The molecule has 8 N–H and O–H groups in total. The Morgan fingerprint density at radius 3 is 0.930 bits per heavy atom. The first kappa shape index (κ1) is 77.6. The molecule has 9 aromatic rings. The molecule has 0 bridgehead atoms. The maximum absolute atomic E-state index is 12.7. The number of Topliss-reactive ketones (excluding diaryl/α,β-unsaturated/α-hetero) is 3. The van der Waals surface area contributed by atoms with Crippen molar-refractivity contribution >= 4 is 85.2 Å². The van der Waals surface area contributed by atoms with Gasteiger partial charge in [-0.15, -0.1) is 0 Å². The lowest BCUT2D eigenvalue weighted by atomic mass is 9.89. The number of methoxy groups -OCH3 is 1. The number of fused-ring (bicyclic) bond motifs is 3. The van der Waals surface area contributed by atoms with Gasteiger partial charge in [-0.3, -0.25) is 28.8 Å². The van der Waals surface area contributed by atoms with E-state index in [1.54, 1.807) is 111 Å². The number of aliphatic hydroxyl groups is 1. The van der Waals surface area contributed by atoms with Gasteiger partial charge in [0.1, 0.15) is 47.9 Å². The second-order valence-electron chi connectivity index (χ2n) is 25.8. The van der Waals surface area contributed by atoms with Crippen molar-refractivity contribution in [3.63, 3.8) is 0 Å². The van der Waals surface area contributed by atoms with Crippen LogP contribution in [0.5, 0.6) is 17.2 Å². The summed E-state index contributed by atoms with van der Waals surface area (Å²) in [5, 5.41) is 28.6. The number of aromatic amines is 3. The minimum atomic E-state index is -0.499. The van der Waals surface area contributed by atoms with Crippen LogP contribution in [-0.4, -0.2) is 188 Å². The summed E-state index contributed by atoms with van der Waals surface area (Å²) in [5.41, 5.74) is 3.62. The highest BCUT2D eigenvalue weighted by atomic mass is 16.6. The van der Waals surface area contributed by atoms with Crippen molar-refractivity contribution in [3.05, 3.63) is 162 Å². The molecular formula is C74H91N9O17. The van der Waals surface area contributed by atoms with Crippen molar-refractivity contribution in [1.29, 1.82) is 0 Å². The van der Waals surface area contributed by atoms with Crippen LogP contribution in [0.25, 0.3) is 32.7 Å². The second-order valence-corrected chi connectivity index (χ2v) is 25.8. The Hall–Kier alpha value is -9.77. The minimum absolute atomic E-state index is 0.00536. The molecule has 0 aliphatic heterocycles. The lowest BCUT2D eigenvalue weighted by Gasteiger charge is -2.14. The highest BCUT2D eigenvalue weighted by molar-refractivity contribution is 6.08. The molecular weight excluding hydrogens is 1290 g/mol. The molecule has 0 atom stereocenters. The summed E-state index contributed by atoms with van der Waals surface area (Å²) in [7, 11) is 1.63. The van der Waals surface area contributed by atoms with E-state index in [-0.39, 0.29) is 47.4 Å². The van der Waals surface area contributed by atoms with Crippen LogP contribution in [0.3, 0.4) is 0 Å². The van der Waals surface area contributed by atoms with Crippen molar-refractivity contribution in [2.75, 3.05) is 129 Å². The number of rotatable bonds is 34. The molecule has 0 unspecified atom stereocenters. The summed E-state index contributed by atoms with van der Waals surface area (Å²) >= 11 is 0. The van der Waals surface area contributed by atoms with E-state index in [1.807, 2.05) is 62.3 Å². The van der Waals surface area contributed by atoms with Crippen molar-refractivity contribution in [3.8, 4) is 17.2 Å². The smallest absolute Gasteiger partial charge is 0.256 e. The van der Waals surface area contributed by atoms with E-state index in [9.17, 15) is 33.9 Å². The summed E-state index contributed by atoms with van der Waals surface area (Å²) in [5.74, 6) is 1.65. The van der Waals surface area contributed by atoms with Crippen LogP contribution in [0.1, 0.15) is 125 Å². The fraction of sp³-hybridized carbons (Fsp3) is 0.392. The number of H-pyrrole nitrogens is 3. The first-order valence-corrected chi connectivity index (χ1v) is 32.7. The number of amides is 3. The number of benzene rings is 3. The van der Waals surface area contributed by atoms with Crippen LogP contribution in [0.2, 0.25) is 0 Å². The number of nitrogens with one attached hydrogen (secondary N) is 6. The van der Waals surface area contributed by atoms with Crippen LogP contribution < -0.4 is 25.4 Å². The Labute approximate surface area is 580 Å². The Kier molecular flexibility index (Phi) is 29.5. The molecule has 0 aliphatic rings. The molecule has 6 aromatic heterocycles. The Morgan fingerprint density at radius 1 is 0.380 bits per heavy atom. The normalized spacial score (nSPS) is 11.6. The molecule has 6 heterocycles. The predicted octanol–water partition coefficient (Wildman–Crippen LogP) is 11.3. The third-order valence-corrected chi connectivity index (χ3v) is 14.5. The van der Waals surface area contributed by atoms with Crippen molar-refractivity contribution in [1.82, 2.24) is 29.9 Å². The minimum Gasteiger partial charge on any atom is -0.508 e. The van der Waals surface area contributed by atoms with E-state index in [4.69, 9.17) is 47.7 Å². The molecule has 0 saturated carbocycles. The van der Waals surface area contributed by atoms with Gasteiger partial charge in [0.25, 0.3) is 17.7 Å². The van der Waals surface area contributed by atoms with E-state index in [2.05, 4.69) is 45.9 Å². The van der Waals surface area contributed by atoms with Gasteiger partial charge < -0.3 is 83.7 Å². The maximum Gasteiger partial charge on any atom is 0.256 e. The van der Waals surface area contributed by atoms with Gasteiger partial charge in [-0.1, -0.05) is 62.3 Å². The van der Waals surface area contributed by atoms with Crippen LogP contribution in [0.15, 0.2) is 128 Å². The number of aromatic hydroxyl groups is 1. The van der Waals surface area contributed by atoms with Crippen molar-refractivity contribution in [2.24, 2.45) is 16.2 Å². The average molecular weight is 1380 g/mol. The zero-order valence-electron chi connectivity index (χ0n) is 58.3. The number of nitrogens with zero attached hydrogens (tertiary/aromatic N) is 3. The number of carbonyl (C=O) groups is 6. The molecule has 0 fully saturated rings. The molecule has 100 heavy (non-hydrogen) atoms. The van der Waals surface area contributed by atoms with Crippen LogP contribution in [0.4, 0.5) is 17.5 Å². The molecule has 26 nitrogen and oxygen atoms in total. The SMILES string of the molecule is CC(C)(C)C(=O)c1cc2cc(NC(=O)c3ccc(O)cc3)ncc2[nH]1.CC(C)(C)C(=O)c1cc2cc(NC(=O)c3ccc(OCCOCCOCCOCCO)cc3)ncc2[nH]1.COCCOCCOCCOCCOc1ccc(C(=O)Nc2cc3cc(C(=O)C(C)(C)C)[nH]c3cn2)cc1. The summed E-state index contributed by atoms with van der Waals surface area (Å²) < 4.78 is 48.3. The summed E-state index contributed by atoms with van der Waals surface area (Å²) in [6.07, 6.45) is 4.79. The lowest BCUT2D eigenvalue weighted by Crippen LogP contribution is -2.20. The fourth-order valence-electron chi connectivity index (χ4n) is 9.19. The fourth-order valence-corrected chi connectivity index (χ4v) is 9.19. The monoisotopic (exact) mass is 1380 g/mol. The first-order chi connectivity index (χ1) is 47.8. The molecule has 534 valence electrons. The number of phenols is 1. The zero-order valence-corrected chi connectivity index (χ0v) is 58.3. The Balaban J connectivity index is 0.000000215. The first-order valence-electron chi connectivity index (χ1n) is 32.7. The number of phenolic OH excluding ortho intramolecular Hbond substituents is 1. The maximum atomic E-state index is 12.7. The number of hydrogen-bond donors (Lipinski definition) is 8. The van der Waals surface area contributed by atoms with E-state index in [0.717, 1.165) is 32.7 Å². The summed E-state index contributed by atoms with van der Waals surface area (Å²) in [4.78, 5) is 97.0. The highest BCUT2D eigenvalue weighted by Gasteiger charge is 2.27. The van der Waals surface area contributed by atoms with Gasteiger partial charge >= 0.3 is 0 Å². The van der Waals surface area contributed by atoms with Gasteiger partial charge in [-0.2, -0.15) is 0 Å². The summed E-state index contributed by atoms with van der Waals surface area (Å²) in [6.45, 7) is 23.6. The van der Waals surface area contributed by atoms with Crippen LogP contribution in [-0.2, 0) is 33.2 Å². The van der Waals surface area contributed by atoms with Gasteiger partial charge in [0, 0.05) is 56.2 Å². The number of aromatic nitrogens is 6. The summed E-state index contributed by atoms with van der Waals surface area (Å²) in [6, 6.07) is 30.1. The van der Waals surface area contributed by atoms with Crippen LogP contribution >= 0.6 is 0 Å². The van der Waals surface area contributed by atoms with E-state index in [1.165, 1.54) is 24.3 Å². The molecule has 0 aliphatic carbocycles. The molecule has 0 saturated heterocycles. The number of aliphatic hydroxyl groups excluding tert-OH is 1. The number of ether oxygens (including phenoxy) is 9. The largest absolute Gasteiger partial charge is 0.508 e.